The van der Waals surface area contributed by atoms with Crippen LogP contribution >= 0.6 is 0 Å². The van der Waals surface area contributed by atoms with Crippen LogP contribution in [-0.4, -0.2) is 32.3 Å². The molecule has 0 spiro atoms. The summed E-state index contributed by atoms with van der Waals surface area (Å²) in [6.07, 6.45) is 0. The minimum atomic E-state index is -2.13. The fourth-order valence-electron chi connectivity index (χ4n) is 20.3. The molecular weight excluding hydrogens is 1310 g/mol. The quantitative estimate of drug-likeness (QED) is 0.0545. The first-order valence-electron chi connectivity index (χ1n) is 39.5. The number of hydrogen-bond donors (Lipinski definition) is 0. The fourth-order valence-corrected chi connectivity index (χ4v) is 41.2. The smallest absolute Gasteiger partial charge is 0.125 e. The molecule has 0 saturated heterocycles. The lowest BCUT2D eigenvalue weighted by molar-refractivity contribution is 0.838. The van der Waals surface area contributed by atoms with Gasteiger partial charge in [0, 0.05) is 22.3 Å². The maximum absolute atomic E-state index is 4.22. The summed E-state index contributed by atoms with van der Waals surface area (Å²) in [4.78, 5) is 0. The van der Waals surface area contributed by atoms with E-state index in [1.54, 1.807) is 0 Å². The Kier molecular flexibility index (Phi) is 21.5. The Bertz CT molecular complexity index is 5130. The molecule has 0 radical (unpaired) electrons. The van der Waals surface area contributed by atoms with Crippen molar-refractivity contribution in [2.75, 3.05) is 0 Å². The summed E-state index contributed by atoms with van der Waals surface area (Å²) in [5.74, 6) is 16.4. The van der Waals surface area contributed by atoms with Gasteiger partial charge in [0.05, 0.1) is 0 Å². The molecule has 0 aliphatic carbocycles. The van der Waals surface area contributed by atoms with Gasteiger partial charge in [-0.2, -0.15) is 0 Å². The Labute approximate surface area is 630 Å². The standard InChI is InChI=1S/C100H114Si4/c1-63(2)101(64(3)4,65(5)6)49-45-89-93-55-79-29-25-27-31-81(79)57-95(93)91(47-51-103(69(13)14,70(15)16)71(17)18)99-61-87-53-83(41-43-85(87)59-97(89)99)77-37-33-75(34-38-77)76-35-39-78(40-36-76)84-42-44-86-60-98-90(46-50-102(66(7)8,67(9)10)68(11)12)94-56-80-30-26-28-32-82(80)58-96(94)92(100(98)62-88(86)54-84)48-52-104(72(19)20,73(21)22)74(23)24/h25-44,53-74H,1-24H3. The molecule has 0 aliphatic heterocycles. The van der Waals surface area contributed by atoms with Gasteiger partial charge in [-0.05, 0) is 247 Å². The molecule has 0 heterocycles. The number of rotatable bonds is 15. The third kappa shape index (κ3) is 13.2. The minimum absolute atomic E-state index is 0.510. The first kappa shape index (κ1) is 75.5. The highest BCUT2D eigenvalue weighted by molar-refractivity contribution is 6.92. The molecule has 12 rings (SSSR count). The Balaban J connectivity index is 0.961. The van der Waals surface area contributed by atoms with E-state index in [9.17, 15) is 0 Å². The lowest BCUT2D eigenvalue weighted by Crippen LogP contribution is -2.43. The van der Waals surface area contributed by atoms with Gasteiger partial charge in [0.2, 0.25) is 0 Å². The summed E-state index contributed by atoms with van der Waals surface area (Å²) < 4.78 is 0. The molecule has 12 aromatic carbocycles. The lowest BCUT2D eigenvalue weighted by Gasteiger charge is -2.38. The SMILES string of the molecule is CC(C)[Si](C#Cc1c2cc3ccccc3cc2c(C#C[Si](C(C)C)(C(C)C)C(C)C)c2cc3cc(-c4ccc(-c5ccc(-c6ccc7cc8c(C#C[Si](C(C)C)(C(C)C)C(C)C)c9cc%10ccccc%10cc9c(C#C[Si](C(C)C)(C(C)C)C(C)C)c8cc7c6)cc5)cc4)ccc3cc12)(C(C)C)C(C)C. The van der Waals surface area contributed by atoms with Gasteiger partial charge in [0.1, 0.15) is 32.3 Å². The molecule has 0 bridgehead atoms. The Morgan fingerprint density at radius 1 is 0.173 bits per heavy atom. The molecule has 0 nitrogen and oxygen atoms in total. The second-order valence-electron chi connectivity index (χ2n) is 34.7. The molecule has 12 aromatic rings. The number of hydrogen-bond acceptors (Lipinski definition) is 0. The van der Waals surface area contributed by atoms with E-state index >= 15 is 0 Å². The van der Waals surface area contributed by atoms with Crippen molar-refractivity contribution in [3.63, 3.8) is 0 Å². The van der Waals surface area contributed by atoms with Crippen molar-refractivity contribution >= 4 is 118 Å². The van der Waals surface area contributed by atoms with E-state index in [0.29, 0.717) is 66.5 Å². The highest BCUT2D eigenvalue weighted by Gasteiger charge is 2.45. The van der Waals surface area contributed by atoms with E-state index in [0.717, 1.165) is 22.3 Å². The number of fused-ring (bicyclic) bond motifs is 8. The van der Waals surface area contributed by atoms with Crippen LogP contribution in [0.4, 0.5) is 0 Å². The van der Waals surface area contributed by atoms with Crippen LogP contribution in [0.2, 0.25) is 66.5 Å². The summed E-state index contributed by atoms with van der Waals surface area (Å²) >= 11 is 0. The van der Waals surface area contributed by atoms with Gasteiger partial charge in [0.15, 0.2) is 0 Å². The van der Waals surface area contributed by atoms with Crippen LogP contribution in [0.1, 0.15) is 188 Å². The van der Waals surface area contributed by atoms with Gasteiger partial charge >= 0.3 is 0 Å². The van der Waals surface area contributed by atoms with E-state index in [-0.39, 0.29) is 0 Å². The molecule has 4 heteroatoms. The van der Waals surface area contributed by atoms with Gasteiger partial charge < -0.3 is 0 Å². The summed E-state index contributed by atoms with van der Waals surface area (Å²) in [6.45, 7) is 58.2. The van der Waals surface area contributed by atoms with Crippen LogP contribution in [0.5, 0.6) is 0 Å². The van der Waals surface area contributed by atoms with E-state index in [2.05, 4.69) is 394 Å². The third-order valence-corrected chi connectivity index (χ3v) is 50.9. The first-order valence-corrected chi connectivity index (χ1v) is 48.4. The topological polar surface area (TPSA) is 0 Å². The molecule has 0 N–H and O–H groups in total. The predicted molar refractivity (Wildman–Crippen MR) is 475 cm³/mol. The summed E-state index contributed by atoms with van der Waals surface area (Å²) in [5, 5.41) is 19.5. The zero-order valence-electron chi connectivity index (χ0n) is 67.2. The van der Waals surface area contributed by atoms with Gasteiger partial charge in [-0.25, -0.2) is 0 Å². The van der Waals surface area contributed by atoms with Crippen LogP contribution in [0.25, 0.3) is 120 Å². The second-order valence-corrected chi connectivity index (χ2v) is 57.0. The average molecular weight is 1430 g/mol. The Morgan fingerprint density at radius 2 is 0.327 bits per heavy atom. The maximum Gasteiger partial charge on any atom is 0.146 e. The summed E-state index contributed by atoms with van der Waals surface area (Å²) in [6, 6.07) is 69.8. The Hall–Kier alpha value is -8.17. The lowest BCUT2D eigenvalue weighted by atomic mass is 9.88. The molecule has 0 amide bonds. The van der Waals surface area contributed by atoms with Crippen LogP contribution in [0, 0.1) is 45.9 Å². The molecule has 0 atom stereocenters. The molecule has 0 aromatic heterocycles. The van der Waals surface area contributed by atoms with E-state index < -0.39 is 32.3 Å². The van der Waals surface area contributed by atoms with Gasteiger partial charge in [-0.15, -0.1) is 22.2 Å². The summed E-state index contributed by atoms with van der Waals surface area (Å²) in [7, 11) is -8.49. The molecular formula is C100H114Si4. The van der Waals surface area contributed by atoms with Gasteiger partial charge in [-0.3, -0.25) is 0 Å². The van der Waals surface area contributed by atoms with E-state index in [4.69, 9.17) is 0 Å². The molecule has 0 unspecified atom stereocenters. The minimum Gasteiger partial charge on any atom is -0.125 e. The van der Waals surface area contributed by atoms with E-state index in [1.807, 2.05) is 0 Å². The average Bonchev–Trinajstić information content (AvgIpc) is 0.731. The molecule has 0 aliphatic rings. The monoisotopic (exact) mass is 1430 g/mol. The van der Waals surface area contributed by atoms with E-state index in [1.165, 1.54) is 120 Å². The maximum atomic E-state index is 4.22. The molecule has 530 valence electrons. The van der Waals surface area contributed by atoms with Crippen LogP contribution in [0.15, 0.2) is 182 Å². The van der Waals surface area contributed by atoms with Crippen molar-refractivity contribution in [3.05, 3.63) is 204 Å². The zero-order chi connectivity index (χ0) is 74.8. The predicted octanol–water partition coefficient (Wildman–Crippen LogP) is 30.2. The molecule has 104 heavy (non-hydrogen) atoms. The zero-order valence-corrected chi connectivity index (χ0v) is 71.2. The van der Waals surface area contributed by atoms with Crippen LogP contribution in [-0.2, 0) is 0 Å². The Morgan fingerprint density at radius 3 is 0.510 bits per heavy atom. The van der Waals surface area contributed by atoms with Crippen LogP contribution < -0.4 is 0 Å². The first-order chi connectivity index (χ1) is 49.4. The highest BCUT2D eigenvalue weighted by Crippen LogP contribution is 2.48. The highest BCUT2D eigenvalue weighted by atomic mass is 28.3. The third-order valence-electron chi connectivity index (χ3n) is 25.7. The van der Waals surface area contributed by atoms with Crippen molar-refractivity contribution in [2.45, 2.75) is 233 Å². The van der Waals surface area contributed by atoms with Crippen LogP contribution in [0.3, 0.4) is 0 Å². The van der Waals surface area contributed by atoms with Crippen molar-refractivity contribution in [1.82, 2.24) is 0 Å². The second kappa shape index (κ2) is 29.6. The molecule has 0 fully saturated rings. The molecule has 0 saturated carbocycles. The fraction of sp³-hybridized carbons (Fsp3) is 0.360. The van der Waals surface area contributed by atoms with Gasteiger partial charge in [-0.1, -0.05) is 311 Å². The summed E-state index contributed by atoms with van der Waals surface area (Å²) in [5.41, 5.74) is 34.7. The van der Waals surface area contributed by atoms with Crippen molar-refractivity contribution in [2.24, 2.45) is 0 Å². The largest absolute Gasteiger partial charge is 0.146 e. The van der Waals surface area contributed by atoms with Crippen molar-refractivity contribution in [3.8, 4) is 79.2 Å². The van der Waals surface area contributed by atoms with Crippen molar-refractivity contribution in [1.29, 1.82) is 0 Å². The normalized spacial score (nSPS) is 12.8. The number of benzene rings is 12. The van der Waals surface area contributed by atoms with Gasteiger partial charge in [0.25, 0.3) is 0 Å². The van der Waals surface area contributed by atoms with Crippen molar-refractivity contribution < 1.29 is 0 Å².